The Labute approximate surface area is 159 Å². The third-order valence-corrected chi connectivity index (χ3v) is 14.8. The van der Waals surface area contributed by atoms with Crippen molar-refractivity contribution in [1.82, 2.24) is 0 Å². The summed E-state index contributed by atoms with van der Waals surface area (Å²) in [5, 5.41) is 4.72. The van der Waals surface area contributed by atoms with Crippen LogP contribution in [0.15, 0.2) is 91.0 Å². The van der Waals surface area contributed by atoms with Crippen molar-refractivity contribution in [2.75, 3.05) is 0 Å². The predicted octanol–water partition coefficient (Wildman–Crippen LogP) is 4.64. The summed E-state index contributed by atoms with van der Waals surface area (Å²) in [4.78, 5) is 0. The van der Waals surface area contributed by atoms with Crippen LogP contribution in [-0.4, -0.2) is 16.1 Å². The highest BCUT2D eigenvalue weighted by atomic mass is 28.3. The quantitative estimate of drug-likeness (QED) is 0.452. The van der Waals surface area contributed by atoms with E-state index in [1.165, 1.54) is 6.42 Å². The highest BCUT2D eigenvalue weighted by Crippen LogP contribution is 2.61. The average Bonchev–Trinajstić information content (AvgIpc) is 3.47. The minimum atomic E-state index is -2.03. The van der Waals surface area contributed by atoms with Crippen molar-refractivity contribution in [3.63, 3.8) is 0 Å². The minimum absolute atomic E-state index is 0.821. The standard InChI is InChI=1S/C24H28Si2/c1-25(2,3)23-19-24(23)26(20-13-7-4-8-14-20,21-15-9-5-10-16-21)22-17-11-6-12-18-22/h4-18,23-24H,19H2,1-3H3/t23-,24+/m1/s1. The summed E-state index contributed by atoms with van der Waals surface area (Å²) >= 11 is 0. The zero-order valence-electron chi connectivity index (χ0n) is 16.0. The van der Waals surface area contributed by atoms with E-state index in [-0.39, 0.29) is 0 Å². The molecule has 1 fully saturated rings. The summed E-state index contributed by atoms with van der Waals surface area (Å²) in [5.74, 6) is 0. The van der Waals surface area contributed by atoms with E-state index in [1.807, 2.05) is 0 Å². The van der Waals surface area contributed by atoms with E-state index in [4.69, 9.17) is 0 Å². The molecule has 4 rings (SSSR count). The topological polar surface area (TPSA) is 0 Å². The summed E-state index contributed by atoms with van der Waals surface area (Å²) in [6.45, 7) is 7.66. The van der Waals surface area contributed by atoms with Crippen molar-refractivity contribution in [2.45, 2.75) is 37.1 Å². The Morgan fingerprint density at radius 2 is 0.885 bits per heavy atom. The molecule has 0 unspecified atom stereocenters. The van der Waals surface area contributed by atoms with Gasteiger partial charge in [0.1, 0.15) is 0 Å². The van der Waals surface area contributed by atoms with Gasteiger partial charge in [0.05, 0.1) is 0 Å². The zero-order valence-corrected chi connectivity index (χ0v) is 18.0. The summed E-state index contributed by atoms with van der Waals surface area (Å²) < 4.78 is 0. The van der Waals surface area contributed by atoms with Gasteiger partial charge in [-0.1, -0.05) is 117 Å². The summed E-state index contributed by atoms with van der Waals surface area (Å²) in [6, 6.07) is 34.2. The molecular weight excluding hydrogens is 344 g/mol. The predicted molar refractivity (Wildman–Crippen MR) is 119 cm³/mol. The maximum absolute atomic E-state index is 2.55. The number of hydrogen-bond donors (Lipinski definition) is 0. The van der Waals surface area contributed by atoms with E-state index in [0.717, 1.165) is 11.1 Å². The fourth-order valence-corrected chi connectivity index (χ4v) is 15.2. The van der Waals surface area contributed by atoms with Crippen LogP contribution in [0.4, 0.5) is 0 Å². The van der Waals surface area contributed by atoms with Crippen molar-refractivity contribution < 1.29 is 0 Å². The first-order valence-electron chi connectivity index (χ1n) is 9.71. The van der Waals surface area contributed by atoms with E-state index < -0.39 is 16.1 Å². The molecule has 0 bridgehead atoms. The molecule has 2 heteroatoms. The Kier molecular flexibility index (Phi) is 4.49. The Balaban J connectivity index is 1.99. The Hall–Kier alpha value is -1.91. The van der Waals surface area contributed by atoms with Gasteiger partial charge < -0.3 is 0 Å². The summed E-state index contributed by atoms with van der Waals surface area (Å²) in [5.41, 5.74) is 1.75. The minimum Gasteiger partial charge on any atom is -0.0693 e. The lowest BCUT2D eigenvalue weighted by atomic mass is 10.3. The van der Waals surface area contributed by atoms with Gasteiger partial charge in [-0.25, -0.2) is 0 Å². The molecule has 1 saturated carbocycles. The van der Waals surface area contributed by atoms with Crippen molar-refractivity contribution >= 4 is 31.7 Å². The number of rotatable bonds is 5. The van der Waals surface area contributed by atoms with Crippen LogP contribution in [0.3, 0.4) is 0 Å². The van der Waals surface area contributed by atoms with E-state index in [9.17, 15) is 0 Å². The molecule has 3 aromatic rings. The summed E-state index contributed by atoms with van der Waals surface area (Å²) in [6.07, 6.45) is 1.40. The lowest BCUT2D eigenvalue weighted by Crippen LogP contribution is -2.68. The monoisotopic (exact) mass is 372 g/mol. The molecule has 0 N–H and O–H groups in total. The van der Waals surface area contributed by atoms with Crippen LogP contribution in [0.5, 0.6) is 0 Å². The van der Waals surface area contributed by atoms with Gasteiger partial charge in [0.15, 0.2) is 8.07 Å². The maximum atomic E-state index is 2.55. The van der Waals surface area contributed by atoms with Gasteiger partial charge in [0.2, 0.25) is 0 Å². The maximum Gasteiger partial charge on any atom is 0.151 e. The highest BCUT2D eigenvalue weighted by molar-refractivity contribution is 7.13. The first kappa shape index (κ1) is 17.5. The normalized spacial score (nSPS) is 20.0. The molecule has 0 saturated heterocycles. The lowest BCUT2D eigenvalue weighted by molar-refractivity contribution is 1.30. The first-order chi connectivity index (χ1) is 12.5. The Morgan fingerprint density at radius 1 is 0.538 bits per heavy atom. The molecule has 0 radical (unpaired) electrons. The summed E-state index contributed by atoms with van der Waals surface area (Å²) in [7, 11) is -3.19. The number of benzene rings is 3. The van der Waals surface area contributed by atoms with Crippen molar-refractivity contribution in [3.8, 4) is 0 Å². The molecule has 0 amide bonds. The molecule has 0 nitrogen and oxygen atoms in total. The second kappa shape index (κ2) is 6.68. The lowest BCUT2D eigenvalue weighted by Gasteiger charge is -2.36. The average molecular weight is 373 g/mol. The fraction of sp³-hybridized carbons (Fsp3) is 0.250. The Morgan fingerprint density at radius 3 is 1.15 bits per heavy atom. The van der Waals surface area contributed by atoms with Gasteiger partial charge in [0.25, 0.3) is 0 Å². The van der Waals surface area contributed by atoms with Crippen LogP contribution in [-0.2, 0) is 0 Å². The Bertz CT molecular complexity index is 754. The van der Waals surface area contributed by atoms with Gasteiger partial charge >= 0.3 is 0 Å². The molecule has 1 aliphatic carbocycles. The van der Waals surface area contributed by atoms with Crippen LogP contribution in [0.25, 0.3) is 0 Å². The molecule has 0 heterocycles. The van der Waals surface area contributed by atoms with Gasteiger partial charge in [-0.05, 0) is 26.6 Å². The molecule has 0 spiro atoms. The first-order valence-corrected chi connectivity index (χ1v) is 15.4. The molecular formula is C24H28Si2. The largest absolute Gasteiger partial charge is 0.151 e. The number of hydrogen-bond acceptors (Lipinski definition) is 0. The SMILES string of the molecule is C[Si](C)(C)[C@@H]1C[C@@H]1[Si](c1ccccc1)(c1ccccc1)c1ccccc1. The van der Waals surface area contributed by atoms with Crippen LogP contribution in [0.1, 0.15) is 6.42 Å². The van der Waals surface area contributed by atoms with E-state index in [1.54, 1.807) is 15.6 Å². The molecule has 3 aromatic carbocycles. The van der Waals surface area contributed by atoms with Crippen LogP contribution in [0.2, 0.25) is 30.7 Å². The second-order valence-electron chi connectivity index (χ2n) is 8.72. The molecule has 132 valence electrons. The zero-order chi connectivity index (χ0) is 18.2. The molecule has 1 aliphatic rings. The molecule has 0 aromatic heterocycles. The third kappa shape index (κ3) is 2.91. The van der Waals surface area contributed by atoms with Gasteiger partial charge in [0, 0.05) is 8.07 Å². The van der Waals surface area contributed by atoms with Crippen molar-refractivity contribution in [2.24, 2.45) is 0 Å². The third-order valence-electron chi connectivity index (χ3n) is 6.15. The van der Waals surface area contributed by atoms with Gasteiger partial charge in [-0.3, -0.25) is 0 Å². The molecule has 2 atom stereocenters. The van der Waals surface area contributed by atoms with E-state index >= 15 is 0 Å². The second-order valence-corrected chi connectivity index (χ2v) is 18.3. The molecule has 26 heavy (non-hydrogen) atoms. The fourth-order valence-electron chi connectivity index (χ4n) is 4.88. The van der Waals surface area contributed by atoms with Crippen molar-refractivity contribution in [1.29, 1.82) is 0 Å². The van der Waals surface area contributed by atoms with Gasteiger partial charge in [-0.15, -0.1) is 0 Å². The smallest absolute Gasteiger partial charge is 0.0693 e. The highest BCUT2D eigenvalue weighted by Gasteiger charge is 2.60. The van der Waals surface area contributed by atoms with E-state index in [0.29, 0.717) is 0 Å². The van der Waals surface area contributed by atoms with Crippen LogP contribution in [0, 0.1) is 0 Å². The van der Waals surface area contributed by atoms with Gasteiger partial charge in [-0.2, -0.15) is 0 Å². The van der Waals surface area contributed by atoms with Crippen LogP contribution >= 0.6 is 0 Å². The van der Waals surface area contributed by atoms with Crippen molar-refractivity contribution in [3.05, 3.63) is 91.0 Å². The van der Waals surface area contributed by atoms with Crippen LogP contribution < -0.4 is 15.6 Å². The molecule has 0 aliphatic heterocycles. The van der Waals surface area contributed by atoms with E-state index in [2.05, 4.69) is 111 Å².